The molecule has 2 rings (SSSR count). The van der Waals surface area contributed by atoms with E-state index in [0.29, 0.717) is 16.3 Å². The quantitative estimate of drug-likeness (QED) is 0.672. The number of hydrogen-bond acceptors (Lipinski definition) is 3. The van der Waals surface area contributed by atoms with Gasteiger partial charge in [0.05, 0.1) is 5.75 Å². The first-order valence-electron chi connectivity index (χ1n) is 5.78. The van der Waals surface area contributed by atoms with Gasteiger partial charge in [-0.05, 0) is 36.4 Å². The number of benzene rings is 2. The summed E-state index contributed by atoms with van der Waals surface area (Å²) in [5, 5.41) is 2.54. The van der Waals surface area contributed by atoms with Crippen LogP contribution in [0.2, 0.25) is 0 Å². The molecule has 6 heteroatoms. The molecule has 0 aromatic heterocycles. The SMILES string of the molecule is Nc1ccc(SCC(=O)Nc2cccc(F)c2)c(F)c1. The van der Waals surface area contributed by atoms with Gasteiger partial charge in [0, 0.05) is 16.3 Å². The maximum Gasteiger partial charge on any atom is 0.234 e. The van der Waals surface area contributed by atoms with E-state index in [1.165, 1.54) is 30.3 Å². The topological polar surface area (TPSA) is 55.1 Å². The first kappa shape index (κ1) is 14.3. The Hall–Kier alpha value is -2.08. The molecule has 0 saturated carbocycles. The summed E-state index contributed by atoms with van der Waals surface area (Å²) in [6, 6.07) is 9.86. The van der Waals surface area contributed by atoms with Crippen LogP contribution in [0.3, 0.4) is 0 Å². The Balaban J connectivity index is 1.92. The zero-order valence-electron chi connectivity index (χ0n) is 10.4. The van der Waals surface area contributed by atoms with Crippen molar-refractivity contribution in [1.82, 2.24) is 0 Å². The minimum Gasteiger partial charge on any atom is -0.399 e. The first-order chi connectivity index (χ1) is 9.54. The Labute approximate surface area is 119 Å². The van der Waals surface area contributed by atoms with Crippen LogP contribution in [0.4, 0.5) is 20.2 Å². The van der Waals surface area contributed by atoms with E-state index in [-0.39, 0.29) is 11.7 Å². The van der Waals surface area contributed by atoms with E-state index < -0.39 is 11.6 Å². The van der Waals surface area contributed by atoms with Crippen molar-refractivity contribution in [2.24, 2.45) is 0 Å². The molecule has 104 valence electrons. The molecular formula is C14H12F2N2OS. The van der Waals surface area contributed by atoms with Crippen LogP contribution in [0.15, 0.2) is 47.4 Å². The molecule has 20 heavy (non-hydrogen) atoms. The highest BCUT2D eigenvalue weighted by Crippen LogP contribution is 2.23. The van der Waals surface area contributed by atoms with Crippen molar-refractivity contribution >= 4 is 29.0 Å². The number of nitrogen functional groups attached to an aromatic ring is 1. The molecule has 0 heterocycles. The van der Waals surface area contributed by atoms with Crippen LogP contribution in [0.5, 0.6) is 0 Å². The van der Waals surface area contributed by atoms with Gasteiger partial charge in [-0.25, -0.2) is 8.78 Å². The zero-order chi connectivity index (χ0) is 14.5. The minimum atomic E-state index is -0.464. The molecule has 0 radical (unpaired) electrons. The Morgan fingerprint density at radius 3 is 2.70 bits per heavy atom. The summed E-state index contributed by atoms with van der Waals surface area (Å²) in [5.41, 5.74) is 6.13. The number of carbonyl (C=O) groups is 1. The summed E-state index contributed by atoms with van der Waals surface area (Å²) in [5.74, 6) is -1.21. The van der Waals surface area contributed by atoms with Gasteiger partial charge >= 0.3 is 0 Å². The molecule has 2 aromatic carbocycles. The third-order valence-corrected chi connectivity index (χ3v) is 3.47. The molecule has 0 saturated heterocycles. The molecule has 3 N–H and O–H groups in total. The standard InChI is InChI=1S/C14H12F2N2OS/c15-9-2-1-3-11(6-9)18-14(19)8-20-13-5-4-10(17)7-12(13)16/h1-7H,8,17H2,(H,18,19). The molecule has 0 aliphatic carbocycles. The molecule has 0 fully saturated rings. The van der Waals surface area contributed by atoms with Gasteiger partial charge in [0.25, 0.3) is 0 Å². The highest BCUT2D eigenvalue weighted by Gasteiger charge is 2.08. The molecule has 3 nitrogen and oxygen atoms in total. The van der Waals surface area contributed by atoms with Gasteiger partial charge in [-0.3, -0.25) is 4.79 Å². The fourth-order valence-electron chi connectivity index (χ4n) is 1.54. The predicted octanol–water partition coefficient (Wildman–Crippen LogP) is 3.28. The van der Waals surface area contributed by atoms with Crippen molar-refractivity contribution in [2.45, 2.75) is 4.90 Å². The summed E-state index contributed by atoms with van der Waals surface area (Å²) in [6.07, 6.45) is 0. The van der Waals surface area contributed by atoms with Gasteiger partial charge in [0.1, 0.15) is 11.6 Å². The Kier molecular flexibility index (Phi) is 4.57. The number of thioether (sulfide) groups is 1. The minimum absolute atomic E-state index is 0.0252. The fourth-order valence-corrected chi connectivity index (χ4v) is 2.26. The lowest BCUT2D eigenvalue weighted by molar-refractivity contribution is -0.113. The Morgan fingerprint density at radius 1 is 1.20 bits per heavy atom. The van der Waals surface area contributed by atoms with Crippen molar-refractivity contribution in [3.63, 3.8) is 0 Å². The molecule has 0 unspecified atom stereocenters. The normalized spacial score (nSPS) is 10.3. The van der Waals surface area contributed by atoms with Crippen molar-refractivity contribution in [3.8, 4) is 0 Å². The number of nitrogens with two attached hydrogens (primary N) is 1. The van der Waals surface area contributed by atoms with Crippen molar-refractivity contribution in [1.29, 1.82) is 0 Å². The van der Waals surface area contributed by atoms with E-state index in [1.807, 2.05) is 0 Å². The number of nitrogens with one attached hydrogen (secondary N) is 1. The van der Waals surface area contributed by atoms with Gasteiger partial charge < -0.3 is 11.1 Å². The van der Waals surface area contributed by atoms with E-state index in [9.17, 15) is 13.6 Å². The number of hydrogen-bond donors (Lipinski definition) is 2. The maximum atomic E-state index is 13.5. The van der Waals surface area contributed by atoms with Crippen LogP contribution in [0.1, 0.15) is 0 Å². The molecule has 2 aromatic rings. The van der Waals surface area contributed by atoms with Crippen LogP contribution < -0.4 is 11.1 Å². The van der Waals surface area contributed by atoms with Crippen molar-refractivity contribution in [3.05, 3.63) is 54.1 Å². The van der Waals surface area contributed by atoms with Crippen LogP contribution in [0.25, 0.3) is 0 Å². The summed E-state index contributed by atoms with van der Waals surface area (Å²) >= 11 is 1.05. The van der Waals surface area contributed by atoms with E-state index in [4.69, 9.17) is 5.73 Å². The van der Waals surface area contributed by atoms with Gasteiger partial charge in [-0.15, -0.1) is 11.8 Å². The molecule has 0 bridgehead atoms. The maximum absolute atomic E-state index is 13.5. The number of halogens is 2. The van der Waals surface area contributed by atoms with Crippen LogP contribution in [-0.2, 0) is 4.79 Å². The number of rotatable bonds is 4. The van der Waals surface area contributed by atoms with Crippen LogP contribution in [-0.4, -0.2) is 11.7 Å². The van der Waals surface area contributed by atoms with E-state index >= 15 is 0 Å². The monoisotopic (exact) mass is 294 g/mol. The average Bonchev–Trinajstić information content (AvgIpc) is 2.37. The van der Waals surface area contributed by atoms with E-state index in [0.717, 1.165) is 11.8 Å². The smallest absolute Gasteiger partial charge is 0.234 e. The first-order valence-corrected chi connectivity index (χ1v) is 6.76. The van der Waals surface area contributed by atoms with Crippen LogP contribution in [0, 0.1) is 11.6 Å². The number of anilines is 2. The fraction of sp³-hybridized carbons (Fsp3) is 0.0714. The predicted molar refractivity (Wildman–Crippen MR) is 76.6 cm³/mol. The molecule has 0 aliphatic heterocycles. The van der Waals surface area contributed by atoms with E-state index in [1.54, 1.807) is 12.1 Å². The van der Waals surface area contributed by atoms with Gasteiger partial charge in [0.15, 0.2) is 0 Å². The van der Waals surface area contributed by atoms with Gasteiger partial charge in [-0.2, -0.15) is 0 Å². The summed E-state index contributed by atoms with van der Waals surface area (Å²) in [7, 11) is 0. The second-order valence-electron chi connectivity index (χ2n) is 4.04. The van der Waals surface area contributed by atoms with Crippen LogP contribution >= 0.6 is 11.8 Å². The molecule has 0 atom stereocenters. The Bertz CT molecular complexity index is 634. The number of amides is 1. The third-order valence-electron chi connectivity index (χ3n) is 2.42. The highest BCUT2D eigenvalue weighted by molar-refractivity contribution is 8.00. The lowest BCUT2D eigenvalue weighted by Crippen LogP contribution is -2.14. The van der Waals surface area contributed by atoms with Gasteiger partial charge in [0.2, 0.25) is 5.91 Å². The molecule has 1 amide bonds. The van der Waals surface area contributed by atoms with E-state index in [2.05, 4.69) is 5.32 Å². The summed E-state index contributed by atoms with van der Waals surface area (Å²) in [6.45, 7) is 0. The summed E-state index contributed by atoms with van der Waals surface area (Å²) < 4.78 is 26.4. The highest BCUT2D eigenvalue weighted by atomic mass is 32.2. The van der Waals surface area contributed by atoms with Crippen molar-refractivity contribution in [2.75, 3.05) is 16.8 Å². The second kappa shape index (κ2) is 6.38. The lowest BCUT2D eigenvalue weighted by Gasteiger charge is -2.06. The molecular weight excluding hydrogens is 282 g/mol. The lowest BCUT2D eigenvalue weighted by atomic mass is 10.3. The van der Waals surface area contributed by atoms with Crippen molar-refractivity contribution < 1.29 is 13.6 Å². The number of carbonyl (C=O) groups excluding carboxylic acids is 1. The van der Waals surface area contributed by atoms with Gasteiger partial charge in [-0.1, -0.05) is 6.07 Å². The molecule has 0 aliphatic rings. The summed E-state index contributed by atoms with van der Waals surface area (Å²) in [4.78, 5) is 12.0. The third kappa shape index (κ3) is 3.96. The Morgan fingerprint density at radius 2 is 2.00 bits per heavy atom. The molecule has 0 spiro atoms. The largest absolute Gasteiger partial charge is 0.399 e. The second-order valence-corrected chi connectivity index (χ2v) is 5.05. The zero-order valence-corrected chi connectivity index (χ0v) is 11.2. The average molecular weight is 294 g/mol.